The number of hydrogen-bond acceptors (Lipinski definition) is 2. The maximum atomic E-state index is 12.9. The van der Waals surface area contributed by atoms with Crippen LogP contribution in [0.5, 0.6) is 0 Å². The molecule has 0 aliphatic carbocycles. The molecule has 0 radical (unpaired) electrons. The van der Waals surface area contributed by atoms with Crippen molar-refractivity contribution >= 4 is 28.2 Å². The van der Waals surface area contributed by atoms with Crippen LogP contribution in [0, 0.1) is 17.7 Å². The van der Waals surface area contributed by atoms with Gasteiger partial charge in [-0.3, -0.25) is 0 Å². The van der Waals surface area contributed by atoms with E-state index in [0.717, 1.165) is 10.8 Å². The number of aromatic nitrogens is 1. The predicted molar refractivity (Wildman–Crippen MR) is 83.5 cm³/mol. The normalized spacial score (nSPS) is 10.2. The fourth-order valence-corrected chi connectivity index (χ4v) is 2.17. The first kappa shape index (κ1) is 13.4. The van der Waals surface area contributed by atoms with E-state index in [1.54, 1.807) is 24.4 Å². The molecule has 4 heteroatoms. The summed E-state index contributed by atoms with van der Waals surface area (Å²) in [6.07, 6.45) is 1.68. The molecule has 2 nitrogen and oxygen atoms in total. The molecule has 1 heterocycles. The smallest absolute Gasteiger partial charge is 0.139 e. The first-order valence-corrected chi connectivity index (χ1v) is 6.62. The lowest BCUT2D eigenvalue weighted by Gasteiger charge is -2.04. The minimum Gasteiger partial charge on any atom is -0.383 e. The summed E-state index contributed by atoms with van der Waals surface area (Å²) in [6.45, 7) is 0. The van der Waals surface area contributed by atoms with Gasteiger partial charge in [-0.1, -0.05) is 29.5 Å². The molecular formula is C17H10ClFN2. The van der Waals surface area contributed by atoms with E-state index in [4.69, 9.17) is 17.3 Å². The van der Waals surface area contributed by atoms with Gasteiger partial charge >= 0.3 is 0 Å². The molecule has 0 amide bonds. The van der Waals surface area contributed by atoms with Crippen LogP contribution in [0.15, 0.2) is 48.7 Å². The van der Waals surface area contributed by atoms with Gasteiger partial charge < -0.3 is 5.73 Å². The first-order valence-electron chi connectivity index (χ1n) is 6.25. The molecule has 2 aromatic carbocycles. The van der Waals surface area contributed by atoms with E-state index in [1.807, 2.05) is 12.1 Å². The van der Waals surface area contributed by atoms with Crippen molar-refractivity contribution in [1.29, 1.82) is 0 Å². The molecule has 0 fully saturated rings. The van der Waals surface area contributed by atoms with Crippen molar-refractivity contribution in [2.45, 2.75) is 0 Å². The van der Waals surface area contributed by atoms with Crippen molar-refractivity contribution in [3.05, 3.63) is 70.6 Å². The molecule has 102 valence electrons. The first-order chi connectivity index (χ1) is 10.1. The van der Waals surface area contributed by atoms with Gasteiger partial charge in [0.25, 0.3) is 0 Å². The number of halogens is 2. The van der Waals surface area contributed by atoms with E-state index < -0.39 is 0 Å². The summed E-state index contributed by atoms with van der Waals surface area (Å²) in [7, 11) is 0. The minimum atomic E-state index is -0.293. The zero-order valence-corrected chi connectivity index (χ0v) is 11.7. The highest BCUT2D eigenvalue weighted by Gasteiger charge is 2.05. The Bertz CT molecular complexity index is 872. The third-order valence-corrected chi connectivity index (χ3v) is 3.29. The van der Waals surface area contributed by atoms with Gasteiger partial charge in [-0.2, -0.15) is 0 Å². The van der Waals surface area contributed by atoms with Gasteiger partial charge in [0.05, 0.1) is 5.56 Å². The summed E-state index contributed by atoms with van der Waals surface area (Å²) >= 11 is 6.03. The standard InChI is InChI=1S/C17H10ClFN2/c18-13-5-4-12-10-21-17(20)15(16(12)9-13)8-3-11-1-6-14(19)7-2-11/h1-2,4-7,9-10H,(H2,20,21). The van der Waals surface area contributed by atoms with Gasteiger partial charge in [-0.15, -0.1) is 0 Å². The SMILES string of the molecule is Nc1ncc2ccc(Cl)cc2c1C#Cc1ccc(F)cc1. The number of benzene rings is 2. The molecule has 2 N–H and O–H groups in total. The van der Waals surface area contributed by atoms with Crippen LogP contribution in [-0.2, 0) is 0 Å². The summed E-state index contributed by atoms with van der Waals surface area (Å²) in [6, 6.07) is 11.4. The second-order valence-corrected chi connectivity index (χ2v) is 4.94. The zero-order chi connectivity index (χ0) is 14.8. The average Bonchev–Trinajstić information content (AvgIpc) is 2.48. The van der Waals surface area contributed by atoms with E-state index >= 15 is 0 Å². The Morgan fingerprint density at radius 2 is 1.81 bits per heavy atom. The van der Waals surface area contributed by atoms with Crippen LogP contribution in [0.1, 0.15) is 11.1 Å². The van der Waals surface area contributed by atoms with E-state index in [2.05, 4.69) is 16.8 Å². The van der Waals surface area contributed by atoms with Gasteiger partial charge in [0.15, 0.2) is 0 Å². The largest absolute Gasteiger partial charge is 0.383 e. The van der Waals surface area contributed by atoms with Crippen LogP contribution in [0.4, 0.5) is 10.2 Å². The molecule has 0 aliphatic rings. The third-order valence-electron chi connectivity index (χ3n) is 3.06. The van der Waals surface area contributed by atoms with Crippen LogP contribution in [0.25, 0.3) is 10.8 Å². The zero-order valence-electron chi connectivity index (χ0n) is 10.9. The number of nitrogen functional groups attached to an aromatic ring is 1. The summed E-state index contributed by atoms with van der Waals surface area (Å²) in [5.41, 5.74) is 7.24. The molecule has 0 atom stereocenters. The van der Waals surface area contributed by atoms with Crippen LogP contribution in [0.3, 0.4) is 0 Å². The molecule has 0 aliphatic heterocycles. The van der Waals surface area contributed by atoms with Crippen LogP contribution < -0.4 is 5.73 Å². The number of nitrogens with two attached hydrogens (primary N) is 1. The lowest BCUT2D eigenvalue weighted by atomic mass is 10.1. The fourth-order valence-electron chi connectivity index (χ4n) is 2.00. The number of pyridine rings is 1. The van der Waals surface area contributed by atoms with Crippen LogP contribution >= 0.6 is 11.6 Å². The number of anilines is 1. The number of rotatable bonds is 0. The summed E-state index contributed by atoms with van der Waals surface area (Å²) in [5.74, 6) is 6.01. The molecule has 0 saturated carbocycles. The number of fused-ring (bicyclic) bond motifs is 1. The maximum absolute atomic E-state index is 12.9. The molecule has 0 unspecified atom stereocenters. The van der Waals surface area contributed by atoms with Gasteiger partial charge in [0.1, 0.15) is 11.6 Å². The van der Waals surface area contributed by atoms with Crippen molar-refractivity contribution in [3.63, 3.8) is 0 Å². The average molecular weight is 297 g/mol. The lowest BCUT2D eigenvalue weighted by molar-refractivity contribution is 0.627. The summed E-state index contributed by atoms with van der Waals surface area (Å²) in [4.78, 5) is 4.14. The Labute approximate surface area is 126 Å². The lowest BCUT2D eigenvalue weighted by Crippen LogP contribution is -1.95. The molecular weight excluding hydrogens is 287 g/mol. The van der Waals surface area contributed by atoms with Crippen molar-refractivity contribution in [2.24, 2.45) is 0 Å². The monoisotopic (exact) mass is 296 g/mol. The molecule has 0 spiro atoms. The molecule has 0 saturated heterocycles. The highest BCUT2D eigenvalue weighted by Crippen LogP contribution is 2.24. The molecule has 3 aromatic rings. The summed E-state index contributed by atoms with van der Waals surface area (Å²) in [5, 5.41) is 2.37. The van der Waals surface area contributed by atoms with E-state index in [-0.39, 0.29) is 5.82 Å². The van der Waals surface area contributed by atoms with Gasteiger partial charge in [0, 0.05) is 27.6 Å². The minimum absolute atomic E-state index is 0.293. The Morgan fingerprint density at radius 1 is 1.05 bits per heavy atom. The Balaban J connectivity index is 2.14. The Kier molecular flexibility index (Phi) is 3.47. The Morgan fingerprint density at radius 3 is 2.57 bits per heavy atom. The topological polar surface area (TPSA) is 38.9 Å². The molecule has 21 heavy (non-hydrogen) atoms. The van der Waals surface area contributed by atoms with Crippen molar-refractivity contribution < 1.29 is 4.39 Å². The predicted octanol–water partition coefficient (Wildman–Crippen LogP) is 4.01. The van der Waals surface area contributed by atoms with Gasteiger partial charge in [-0.05, 0) is 36.4 Å². The second kappa shape index (κ2) is 5.43. The van der Waals surface area contributed by atoms with E-state index in [0.29, 0.717) is 22.0 Å². The van der Waals surface area contributed by atoms with Gasteiger partial charge in [0.2, 0.25) is 0 Å². The van der Waals surface area contributed by atoms with Crippen molar-refractivity contribution in [1.82, 2.24) is 4.98 Å². The highest BCUT2D eigenvalue weighted by molar-refractivity contribution is 6.31. The van der Waals surface area contributed by atoms with Crippen LogP contribution in [-0.4, -0.2) is 4.98 Å². The molecule has 1 aromatic heterocycles. The van der Waals surface area contributed by atoms with Crippen molar-refractivity contribution in [2.75, 3.05) is 5.73 Å². The molecule has 3 rings (SSSR count). The van der Waals surface area contributed by atoms with E-state index in [1.165, 1.54) is 12.1 Å². The van der Waals surface area contributed by atoms with Crippen LogP contribution in [0.2, 0.25) is 5.02 Å². The third kappa shape index (κ3) is 2.81. The number of hydrogen-bond donors (Lipinski definition) is 1. The van der Waals surface area contributed by atoms with Crippen molar-refractivity contribution in [3.8, 4) is 11.8 Å². The second-order valence-electron chi connectivity index (χ2n) is 4.51. The molecule has 0 bridgehead atoms. The maximum Gasteiger partial charge on any atom is 0.139 e. The Hall–Kier alpha value is -2.57. The van der Waals surface area contributed by atoms with E-state index in [9.17, 15) is 4.39 Å². The van der Waals surface area contributed by atoms with Gasteiger partial charge in [-0.25, -0.2) is 9.37 Å². The quantitative estimate of drug-likeness (QED) is 0.637. The summed E-state index contributed by atoms with van der Waals surface area (Å²) < 4.78 is 12.9. The highest BCUT2D eigenvalue weighted by atomic mass is 35.5. The number of nitrogens with zero attached hydrogens (tertiary/aromatic N) is 1. The fraction of sp³-hybridized carbons (Fsp3) is 0.